The number of amidine groups is 1. The van der Waals surface area contributed by atoms with Crippen LogP contribution in [-0.2, 0) is 11.3 Å². The zero-order valence-corrected chi connectivity index (χ0v) is 22.8. The minimum atomic E-state index is -0.686. The largest absolute Gasteiger partial charge is 1.00 e. The Morgan fingerprint density at radius 2 is 1.66 bits per heavy atom. The van der Waals surface area contributed by atoms with E-state index >= 15 is 0 Å². The summed E-state index contributed by atoms with van der Waals surface area (Å²) in [5, 5.41) is 9.93. The van der Waals surface area contributed by atoms with Crippen LogP contribution in [0.2, 0.25) is 0 Å². The van der Waals surface area contributed by atoms with Gasteiger partial charge in [-0.1, -0.05) is 48.5 Å². The molecule has 1 aliphatic carbocycles. The van der Waals surface area contributed by atoms with Gasteiger partial charge in [-0.25, -0.2) is 9.48 Å². The van der Waals surface area contributed by atoms with Gasteiger partial charge >= 0.3 is 0 Å². The summed E-state index contributed by atoms with van der Waals surface area (Å²) < 4.78 is 12.8. The van der Waals surface area contributed by atoms with Gasteiger partial charge < -0.3 is 31.6 Å². The Labute approximate surface area is 232 Å². The lowest BCUT2D eigenvalue weighted by Crippen LogP contribution is -3.00. The van der Waals surface area contributed by atoms with Gasteiger partial charge in [0.15, 0.2) is 0 Å². The number of carbonyl (C=O) groups is 2. The summed E-state index contributed by atoms with van der Waals surface area (Å²) in [7, 11) is 3.24. The van der Waals surface area contributed by atoms with Gasteiger partial charge in [0, 0.05) is 24.3 Å². The number of hydrogen-bond donors (Lipinski definition) is 1. The minimum Gasteiger partial charge on any atom is -1.00 e. The van der Waals surface area contributed by atoms with Crippen LogP contribution in [0.1, 0.15) is 31.8 Å². The number of benzene rings is 3. The lowest BCUT2D eigenvalue weighted by molar-refractivity contribution is -0.557. The molecule has 2 atom stereocenters. The molecular weight excluding hydrogens is 548 g/mol. The Balaban J connectivity index is 0.00000336. The Morgan fingerprint density at radius 3 is 2.37 bits per heavy atom. The predicted octanol–water partition coefficient (Wildman–Crippen LogP) is 0.808. The van der Waals surface area contributed by atoms with Gasteiger partial charge in [0.25, 0.3) is 5.84 Å². The lowest BCUT2D eigenvalue weighted by atomic mass is 9.82. The molecule has 1 heterocycles. The molecule has 3 aromatic carbocycles. The molecule has 0 saturated heterocycles. The first-order valence-electron chi connectivity index (χ1n) is 12.2. The number of aromatic hydroxyl groups is 1. The van der Waals surface area contributed by atoms with Crippen molar-refractivity contribution < 1.29 is 45.7 Å². The van der Waals surface area contributed by atoms with Crippen molar-refractivity contribution in [3.8, 4) is 11.5 Å². The van der Waals surface area contributed by atoms with Gasteiger partial charge in [-0.15, -0.1) is 0 Å². The number of fused-ring (bicyclic) bond motifs is 2. The van der Waals surface area contributed by atoms with Crippen molar-refractivity contribution >= 4 is 23.5 Å². The third-order valence-corrected chi connectivity index (χ3v) is 6.87. The Hall–Kier alpha value is -3.75. The highest BCUT2D eigenvalue weighted by Gasteiger charge is 2.57. The lowest BCUT2D eigenvalue weighted by Gasteiger charge is -2.27. The fourth-order valence-corrected chi connectivity index (χ4v) is 5.17. The van der Waals surface area contributed by atoms with E-state index in [1.165, 1.54) is 0 Å². The molecule has 5 rings (SSSR count). The summed E-state index contributed by atoms with van der Waals surface area (Å²) in [6, 6.07) is 20.3. The molecule has 0 amide bonds. The number of hydrogen-bond acceptors (Lipinski definition) is 6. The number of carbonyl (C=O) groups excluding carboxylic acids is 2. The average molecular weight is 577 g/mol. The van der Waals surface area contributed by atoms with E-state index in [1.54, 1.807) is 56.7 Å². The van der Waals surface area contributed by atoms with Crippen molar-refractivity contribution in [1.29, 1.82) is 0 Å². The van der Waals surface area contributed by atoms with Crippen molar-refractivity contribution in [1.82, 2.24) is 4.90 Å². The maximum Gasteiger partial charge on any atom is 0.273 e. The first kappa shape index (κ1) is 27.3. The second kappa shape index (κ2) is 11.8. The van der Waals surface area contributed by atoms with Crippen molar-refractivity contribution in [3.63, 3.8) is 0 Å². The maximum absolute atomic E-state index is 13.9. The molecular formula is C30H29BrN2O5. The van der Waals surface area contributed by atoms with Crippen LogP contribution in [0, 0.1) is 0 Å². The van der Waals surface area contributed by atoms with Gasteiger partial charge in [-0.3, -0.25) is 9.59 Å². The Bertz CT molecular complexity index is 1420. The molecule has 0 aromatic heterocycles. The molecule has 7 nitrogen and oxygen atoms in total. The molecule has 0 radical (unpaired) electrons. The molecule has 2 aliphatic rings. The van der Waals surface area contributed by atoms with Crippen LogP contribution in [0.3, 0.4) is 0 Å². The van der Waals surface area contributed by atoms with E-state index in [9.17, 15) is 14.7 Å². The normalized spacial score (nSPS) is 18.4. The van der Waals surface area contributed by atoms with Crippen molar-refractivity contribution in [2.24, 2.45) is 0 Å². The number of ketones is 2. The van der Waals surface area contributed by atoms with E-state index in [4.69, 9.17) is 9.47 Å². The van der Waals surface area contributed by atoms with Crippen LogP contribution in [0.25, 0.3) is 6.08 Å². The van der Waals surface area contributed by atoms with Gasteiger partial charge in [0.2, 0.25) is 23.7 Å². The third kappa shape index (κ3) is 5.14. The topological polar surface area (TPSA) is 79.1 Å². The van der Waals surface area contributed by atoms with Gasteiger partial charge in [0.1, 0.15) is 24.6 Å². The van der Waals surface area contributed by atoms with Crippen LogP contribution in [0.5, 0.6) is 11.5 Å². The summed E-state index contributed by atoms with van der Waals surface area (Å²) in [4.78, 5) is 29.7. The molecule has 2 unspecified atom stereocenters. The molecule has 8 heteroatoms. The van der Waals surface area contributed by atoms with E-state index in [-0.39, 0.29) is 34.3 Å². The van der Waals surface area contributed by atoms with E-state index < -0.39 is 12.1 Å². The molecule has 0 bridgehead atoms. The average Bonchev–Trinajstić information content (AvgIpc) is 3.22. The Morgan fingerprint density at radius 1 is 0.921 bits per heavy atom. The monoisotopic (exact) mass is 576 g/mol. The van der Waals surface area contributed by atoms with Crippen LogP contribution >= 0.6 is 0 Å². The Kier molecular flexibility index (Phi) is 8.44. The van der Waals surface area contributed by atoms with Gasteiger partial charge in [-0.2, -0.15) is 0 Å². The molecule has 196 valence electrons. The second-order valence-corrected chi connectivity index (χ2v) is 9.12. The number of phenols is 1. The van der Waals surface area contributed by atoms with Crippen LogP contribution in [0.4, 0.5) is 0 Å². The van der Waals surface area contributed by atoms with E-state index in [1.807, 2.05) is 52.0 Å². The van der Waals surface area contributed by atoms with Crippen molar-refractivity contribution in [2.45, 2.75) is 18.6 Å². The number of rotatable bonds is 8. The summed E-state index contributed by atoms with van der Waals surface area (Å²) in [5.74, 6) is 1.47. The predicted molar refractivity (Wildman–Crippen MR) is 140 cm³/mol. The molecule has 38 heavy (non-hydrogen) atoms. The minimum absolute atomic E-state index is 0. The van der Waals surface area contributed by atoms with E-state index in [0.29, 0.717) is 30.8 Å². The maximum atomic E-state index is 13.9. The zero-order valence-electron chi connectivity index (χ0n) is 21.2. The smallest absolute Gasteiger partial charge is 0.273 e. The highest BCUT2D eigenvalue weighted by atomic mass is 79.9. The first-order valence-corrected chi connectivity index (χ1v) is 12.2. The molecule has 0 spiro atoms. The second-order valence-electron chi connectivity index (χ2n) is 9.12. The number of methoxy groups -OCH3 is 2. The van der Waals surface area contributed by atoms with E-state index in [2.05, 4.69) is 0 Å². The quantitative estimate of drug-likeness (QED) is 0.400. The molecule has 0 saturated carbocycles. The van der Waals surface area contributed by atoms with Crippen molar-refractivity contribution in [3.05, 3.63) is 101 Å². The highest BCUT2D eigenvalue weighted by Crippen LogP contribution is 2.33. The van der Waals surface area contributed by atoms with E-state index in [0.717, 1.165) is 22.7 Å². The molecule has 0 fully saturated rings. The number of nitrogens with zero attached hydrogens (tertiary/aromatic N) is 2. The first-order chi connectivity index (χ1) is 18.0. The molecule has 1 N–H and O–H groups in total. The number of ether oxygens (including phenoxy) is 2. The number of Topliss-reactive ketones (excluding diaryl/α,β-unsaturated/α-hetero) is 2. The van der Waals surface area contributed by atoms with Crippen LogP contribution in [0.15, 0.2) is 78.9 Å². The highest BCUT2D eigenvalue weighted by molar-refractivity contribution is 6.20. The fourth-order valence-electron chi connectivity index (χ4n) is 5.17. The number of halogens is 1. The van der Waals surface area contributed by atoms with Gasteiger partial charge in [-0.05, 0) is 41.5 Å². The van der Waals surface area contributed by atoms with Crippen molar-refractivity contribution in [2.75, 3.05) is 27.4 Å². The summed E-state index contributed by atoms with van der Waals surface area (Å²) in [5.41, 5.74) is 2.66. The van der Waals surface area contributed by atoms with Crippen LogP contribution < -0.4 is 21.7 Å². The number of phenolic OH excluding ortho intramolecular Hbond substituents is 1. The fraction of sp³-hybridized carbons (Fsp3) is 0.233. The zero-order chi connectivity index (χ0) is 25.9. The summed E-state index contributed by atoms with van der Waals surface area (Å²) in [6.45, 7) is 1.23. The molecule has 1 aliphatic heterocycles. The standard InChI is InChI=1S/C30H28N2O5.BrH/c1-36-16-15-31-26(14-13-20-7-5-9-22(33)17-20)32(19-21-8-6-10-23(18-21)37-2)28-27(31)29(34)24-11-3-4-12-25(24)30(28)35;/h3-14,17-18,27-28H,15-16,19H2,1-2H3;1H/b14-13+;. The SMILES string of the molecule is COCCN1C(/C=C/c2cccc(O)c2)=[N+](Cc2cccc(OC)c2)C2C(=O)c3ccccc3C(=O)C21.[Br-]. The third-order valence-electron chi connectivity index (χ3n) is 6.87. The van der Waals surface area contributed by atoms with Gasteiger partial charge in [0.05, 0.1) is 13.7 Å². The molecule has 3 aromatic rings. The summed E-state index contributed by atoms with van der Waals surface area (Å²) in [6.07, 6.45) is 3.79. The summed E-state index contributed by atoms with van der Waals surface area (Å²) >= 11 is 0. The van der Waals surface area contributed by atoms with Crippen LogP contribution in [-0.4, -0.2) is 71.4 Å².